The molecule has 0 unspecified atom stereocenters. The van der Waals surface area contributed by atoms with Crippen LogP contribution in [0.25, 0.3) is 0 Å². The predicted molar refractivity (Wildman–Crippen MR) is 40.9 cm³/mol. The van der Waals surface area contributed by atoms with Gasteiger partial charge >= 0.3 is 5.97 Å². The number of hydrogen-bond donors (Lipinski definition) is 1. The van der Waals surface area contributed by atoms with E-state index in [4.69, 9.17) is 0 Å². The number of ether oxygens (including phenoxy) is 1. The predicted octanol–water partition coefficient (Wildman–Crippen LogP) is 0.188. The Morgan fingerprint density at radius 2 is 2.45 bits per heavy atom. The molecule has 1 rings (SSSR count). The average Bonchev–Trinajstić information content (AvgIpc) is 2.05. The standard InChI is InChI=1S/C7H8N2O2/c1-5-3-4-6(9-8-5)7(10)11-2/h3-4,8H,1H2,2H3. The maximum Gasteiger partial charge on any atom is 0.358 e. The third-order valence-corrected chi connectivity index (χ3v) is 1.16. The van der Waals surface area contributed by atoms with Crippen molar-refractivity contribution < 1.29 is 9.53 Å². The summed E-state index contributed by atoms with van der Waals surface area (Å²) in [6.07, 6.45) is 3.20. The minimum Gasteiger partial charge on any atom is -0.464 e. The summed E-state index contributed by atoms with van der Waals surface area (Å²) in [5.74, 6) is -0.457. The molecule has 0 aliphatic carbocycles. The molecule has 0 saturated carbocycles. The SMILES string of the molecule is C=C1C=CC(C(=O)OC)=NN1. The maximum absolute atomic E-state index is 10.8. The first-order valence-corrected chi connectivity index (χ1v) is 3.03. The van der Waals surface area contributed by atoms with Crippen LogP contribution in [0.5, 0.6) is 0 Å². The van der Waals surface area contributed by atoms with Crippen molar-refractivity contribution in [1.82, 2.24) is 5.43 Å². The number of hydrazone groups is 1. The molecule has 0 aromatic heterocycles. The molecule has 0 radical (unpaired) electrons. The molecule has 1 aliphatic heterocycles. The largest absolute Gasteiger partial charge is 0.464 e. The maximum atomic E-state index is 10.8. The molecular formula is C7H8N2O2. The zero-order valence-electron chi connectivity index (χ0n) is 6.13. The monoisotopic (exact) mass is 152 g/mol. The summed E-state index contributed by atoms with van der Waals surface area (Å²) in [4.78, 5) is 10.8. The van der Waals surface area contributed by atoms with E-state index in [1.807, 2.05) is 0 Å². The summed E-state index contributed by atoms with van der Waals surface area (Å²) >= 11 is 0. The lowest BCUT2D eigenvalue weighted by molar-refractivity contribution is -0.132. The third kappa shape index (κ3) is 1.67. The first-order valence-electron chi connectivity index (χ1n) is 3.03. The lowest BCUT2D eigenvalue weighted by Gasteiger charge is -2.06. The van der Waals surface area contributed by atoms with E-state index in [1.165, 1.54) is 7.11 Å². The van der Waals surface area contributed by atoms with Gasteiger partial charge in [-0.3, -0.25) is 5.43 Å². The van der Waals surface area contributed by atoms with E-state index < -0.39 is 5.97 Å². The highest BCUT2D eigenvalue weighted by Crippen LogP contribution is 1.97. The number of nitrogens with zero attached hydrogens (tertiary/aromatic N) is 1. The van der Waals surface area contributed by atoms with Crippen LogP contribution in [0.4, 0.5) is 0 Å². The van der Waals surface area contributed by atoms with Crippen molar-refractivity contribution in [3.8, 4) is 0 Å². The summed E-state index contributed by atoms with van der Waals surface area (Å²) in [6.45, 7) is 3.58. The molecule has 0 atom stereocenters. The van der Waals surface area contributed by atoms with Crippen LogP contribution in [-0.4, -0.2) is 18.8 Å². The van der Waals surface area contributed by atoms with E-state index in [-0.39, 0.29) is 5.71 Å². The van der Waals surface area contributed by atoms with Gasteiger partial charge in [-0.2, -0.15) is 5.10 Å². The van der Waals surface area contributed by atoms with Gasteiger partial charge in [0.2, 0.25) is 0 Å². The molecule has 0 aromatic rings. The summed E-state index contributed by atoms with van der Waals surface area (Å²) in [6, 6.07) is 0. The van der Waals surface area contributed by atoms with Gasteiger partial charge in [-0.15, -0.1) is 0 Å². The van der Waals surface area contributed by atoms with Crippen LogP contribution >= 0.6 is 0 Å². The van der Waals surface area contributed by atoms with E-state index >= 15 is 0 Å². The van der Waals surface area contributed by atoms with Crippen molar-refractivity contribution in [2.45, 2.75) is 0 Å². The molecule has 0 saturated heterocycles. The second-order valence-electron chi connectivity index (χ2n) is 1.96. The summed E-state index contributed by atoms with van der Waals surface area (Å²) < 4.78 is 4.43. The Balaban J connectivity index is 2.70. The molecule has 0 spiro atoms. The molecule has 1 aliphatic rings. The van der Waals surface area contributed by atoms with Gasteiger partial charge in [0.15, 0.2) is 5.71 Å². The van der Waals surface area contributed by atoms with Crippen molar-refractivity contribution in [3.63, 3.8) is 0 Å². The van der Waals surface area contributed by atoms with Crippen molar-refractivity contribution in [3.05, 3.63) is 24.4 Å². The molecule has 0 aromatic carbocycles. The quantitative estimate of drug-likeness (QED) is 0.545. The van der Waals surface area contributed by atoms with Gasteiger partial charge in [-0.1, -0.05) is 6.58 Å². The van der Waals surface area contributed by atoms with E-state index in [9.17, 15) is 4.79 Å². The number of carbonyl (C=O) groups excluding carboxylic acids is 1. The van der Waals surface area contributed by atoms with Gasteiger partial charge in [0, 0.05) is 5.70 Å². The van der Waals surface area contributed by atoms with Crippen LogP contribution in [0.15, 0.2) is 29.5 Å². The molecule has 0 bridgehead atoms. The molecule has 1 heterocycles. The fraction of sp³-hybridized carbons (Fsp3) is 0.143. The number of allylic oxidation sites excluding steroid dienone is 1. The Kier molecular flexibility index (Phi) is 2.06. The average molecular weight is 152 g/mol. The number of carbonyl (C=O) groups is 1. The van der Waals surface area contributed by atoms with E-state index in [1.54, 1.807) is 12.2 Å². The Morgan fingerprint density at radius 1 is 1.73 bits per heavy atom. The van der Waals surface area contributed by atoms with Crippen molar-refractivity contribution in [2.24, 2.45) is 5.10 Å². The van der Waals surface area contributed by atoms with E-state index in [0.717, 1.165) is 0 Å². The molecule has 11 heavy (non-hydrogen) atoms. The van der Waals surface area contributed by atoms with Crippen LogP contribution < -0.4 is 5.43 Å². The van der Waals surface area contributed by atoms with Crippen LogP contribution in [0.2, 0.25) is 0 Å². The number of hydrogen-bond acceptors (Lipinski definition) is 4. The molecular weight excluding hydrogens is 144 g/mol. The summed E-state index contributed by atoms with van der Waals surface area (Å²) in [7, 11) is 1.31. The van der Waals surface area contributed by atoms with Gasteiger partial charge in [0.25, 0.3) is 0 Å². The Hall–Kier alpha value is -1.58. The molecule has 0 amide bonds. The van der Waals surface area contributed by atoms with E-state index in [0.29, 0.717) is 5.70 Å². The Labute approximate surface area is 64.2 Å². The second-order valence-corrected chi connectivity index (χ2v) is 1.96. The molecule has 4 nitrogen and oxygen atoms in total. The smallest absolute Gasteiger partial charge is 0.358 e. The zero-order valence-corrected chi connectivity index (χ0v) is 6.13. The fourth-order valence-electron chi connectivity index (χ4n) is 0.604. The molecule has 1 N–H and O–H groups in total. The minimum atomic E-state index is -0.457. The summed E-state index contributed by atoms with van der Waals surface area (Å²) in [5.41, 5.74) is 3.45. The van der Waals surface area contributed by atoms with Crippen LogP contribution in [0, 0.1) is 0 Å². The zero-order chi connectivity index (χ0) is 8.27. The first-order chi connectivity index (χ1) is 5.24. The number of methoxy groups -OCH3 is 1. The fourth-order valence-corrected chi connectivity index (χ4v) is 0.604. The van der Waals surface area contributed by atoms with Crippen molar-refractivity contribution >= 4 is 11.7 Å². The van der Waals surface area contributed by atoms with Crippen LogP contribution in [-0.2, 0) is 9.53 Å². The van der Waals surface area contributed by atoms with Gasteiger partial charge in [0.05, 0.1) is 7.11 Å². The normalized spacial score (nSPS) is 15.4. The van der Waals surface area contributed by atoms with Gasteiger partial charge in [-0.05, 0) is 12.2 Å². The van der Waals surface area contributed by atoms with Crippen LogP contribution in [0.1, 0.15) is 0 Å². The highest BCUT2D eigenvalue weighted by Gasteiger charge is 2.10. The molecule has 0 fully saturated rings. The third-order valence-electron chi connectivity index (χ3n) is 1.16. The van der Waals surface area contributed by atoms with Crippen LogP contribution in [0.3, 0.4) is 0 Å². The number of esters is 1. The summed E-state index contributed by atoms with van der Waals surface area (Å²) in [5, 5.41) is 3.69. The van der Waals surface area contributed by atoms with Gasteiger partial charge < -0.3 is 4.74 Å². The lowest BCUT2D eigenvalue weighted by atomic mass is 10.3. The molecule has 58 valence electrons. The lowest BCUT2D eigenvalue weighted by Crippen LogP contribution is -2.20. The topological polar surface area (TPSA) is 50.7 Å². The number of nitrogens with one attached hydrogen (secondary N) is 1. The minimum absolute atomic E-state index is 0.250. The number of rotatable bonds is 1. The van der Waals surface area contributed by atoms with Gasteiger partial charge in [-0.25, -0.2) is 4.79 Å². The Bertz CT molecular complexity index is 253. The highest BCUT2D eigenvalue weighted by molar-refractivity contribution is 6.41. The van der Waals surface area contributed by atoms with Crippen molar-refractivity contribution in [2.75, 3.05) is 7.11 Å². The first kappa shape index (κ1) is 7.53. The Morgan fingerprint density at radius 3 is 2.91 bits per heavy atom. The van der Waals surface area contributed by atoms with Crippen molar-refractivity contribution in [1.29, 1.82) is 0 Å². The molecule has 4 heteroatoms. The van der Waals surface area contributed by atoms with E-state index in [2.05, 4.69) is 21.8 Å². The van der Waals surface area contributed by atoms with Gasteiger partial charge in [0.1, 0.15) is 0 Å². The second kappa shape index (κ2) is 3.01. The highest BCUT2D eigenvalue weighted by atomic mass is 16.5.